The van der Waals surface area contributed by atoms with E-state index in [1.807, 2.05) is 6.92 Å². The number of hydrogen-bond acceptors (Lipinski definition) is 3. The van der Waals surface area contributed by atoms with Gasteiger partial charge in [0, 0.05) is 6.54 Å². The molecule has 2 rings (SSSR count). The third-order valence-corrected chi connectivity index (χ3v) is 5.04. The standard InChI is InChI=1S/C12H15NO4S/c1-9-4-6-10(7-5-9)18(16,17)13-8-2-3-11(13)12(14)15/h4-7,11H,2-3,8H2,1H3,(H,14,15)/t11-/m1/s1. The lowest BCUT2D eigenvalue weighted by atomic mass is 10.2. The second-order valence-electron chi connectivity index (χ2n) is 4.43. The Morgan fingerprint density at radius 3 is 2.50 bits per heavy atom. The van der Waals surface area contributed by atoms with Crippen LogP contribution in [0.2, 0.25) is 0 Å². The van der Waals surface area contributed by atoms with Crippen molar-refractivity contribution < 1.29 is 18.3 Å². The average molecular weight is 269 g/mol. The van der Waals surface area contributed by atoms with Crippen LogP contribution in [0.3, 0.4) is 0 Å². The van der Waals surface area contributed by atoms with Gasteiger partial charge in [-0.25, -0.2) is 8.42 Å². The Morgan fingerprint density at radius 1 is 1.33 bits per heavy atom. The number of aryl methyl sites for hydroxylation is 1. The molecule has 1 aromatic carbocycles. The van der Waals surface area contributed by atoms with Crippen molar-refractivity contribution in [3.63, 3.8) is 0 Å². The van der Waals surface area contributed by atoms with Gasteiger partial charge in [0.15, 0.2) is 0 Å². The van der Waals surface area contributed by atoms with Gasteiger partial charge < -0.3 is 5.11 Å². The van der Waals surface area contributed by atoms with Crippen LogP contribution in [-0.2, 0) is 14.8 Å². The lowest BCUT2D eigenvalue weighted by Gasteiger charge is -2.20. The van der Waals surface area contributed by atoms with Crippen LogP contribution in [0.4, 0.5) is 0 Å². The Hall–Kier alpha value is -1.40. The topological polar surface area (TPSA) is 74.7 Å². The number of carboxylic acids is 1. The van der Waals surface area contributed by atoms with E-state index in [0.717, 1.165) is 9.87 Å². The minimum Gasteiger partial charge on any atom is -0.480 e. The molecule has 1 fully saturated rings. The van der Waals surface area contributed by atoms with Gasteiger partial charge in [-0.3, -0.25) is 4.79 Å². The molecule has 6 heteroatoms. The number of hydrogen-bond donors (Lipinski definition) is 1. The molecule has 0 aromatic heterocycles. The zero-order valence-electron chi connectivity index (χ0n) is 10.0. The van der Waals surface area contributed by atoms with E-state index in [4.69, 9.17) is 5.11 Å². The summed E-state index contributed by atoms with van der Waals surface area (Å²) in [6.07, 6.45) is 0.961. The predicted molar refractivity (Wildman–Crippen MR) is 65.7 cm³/mol. The molecular weight excluding hydrogens is 254 g/mol. The largest absolute Gasteiger partial charge is 0.480 e. The highest BCUT2D eigenvalue weighted by Crippen LogP contribution is 2.26. The summed E-state index contributed by atoms with van der Waals surface area (Å²) in [6.45, 7) is 2.14. The molecule has 5 nitrogen and oxygen atoms in total. The molecule has 1 atom stereocenters. The van der Waals surface area contributed by atoms with Crippen LogP contribution in [0.25, 0.3) is 0 Å². The van der Waals surface area contributed by atoms with E-state index >= 15 is 0 Å². The molecule has 0 amide bonds. The van der Waals surface area contributed by atoms with Crippen LogP contribution in [0, 0.1) is 6.92 Å². The van der Waals surface area contributed by atoms with Gasteiger partial charge in [0.25, 0.3) is 0 Å². The normalized spacial score (nSPS) is 21.1. The highest BCUT2D eigenvalue weighted by molar-refractivity contribution is 7.89. The summed E-state index contributed by atoms with van der Waals surface area (Å²) in [7, 11) is -3.70. The molecular formula is C12H15NO4S. The molecule has 0 spiro atoms. The molecule has 0 aliphatic carbocycles. The third-order valence-electron chi connectivity index (χ3n) is 3.12. The maximum absolute atomic E-state index is 12.3. The first-order valence-electron chi connectivity index (χ1n) is 5.74. The van der Waals surface area contributed by atoms with Crippen molar-refractivity contribution in [1.29, 1.82) is 0 Å². The number of aliphatic carboxylic acids is 1. The molecule has 0 bridgehead atoms. The number of carbonyl (C=O) groups is 1. The number of sulfonamides is 1. The molecule has 1 aliphatic rings. The second-order valence-corrected chi connectivity index (χ2v) is 6.32. The van der Waals surface area contributed by atoms with E-state index < -0.39 is 22.0 Å². The van der Waals surface area contributed by atoms with E-state index in [-0.39, 0.29) is 11.4 Å². The molecule has 1 heterocycles. The molecule has 1 aromatic rings. The van der Waals surface area contributed by atoms with Gasteiger partial charge in [0.05, 0.1) is 4.90 Å². The number of benzene rings is 1. The van der Waals surface area contributed by atoms with E-state index in [9.17, 15) is 13.2 Å². The van der Waals surface area contributed by atoms with Gasteiger partial charge in [-0.05, 0) is 31.9 Å². The van der Waals surface area contributed by atoms with E-state index in [2.05, 4.69) is 0 Å². The summed E-state index contributed by atoms with van der Waals surface area (Å²) in [5, 5.41) is 9.03. The molecule has 98 valence electrons. The fourth-order valence-electron chi connectivity index (χ4n) is 2.12. The average Bonchev–Trinajstić information content (AvgIpc) is 2.79. The first-order chi connectivity index (χ1) is 8.43. The Kier molecular flexibility index (Phi) is 3.41. The smallest absolute Gasteiger partial charge is 0.322 e. The highest BCUT2D eigenvalue weighted by Gasteiger charge is 2.39. The molecule has 18 heavy (non-hydrogen) atoms. The quantitative estimate of drug-likeness (QED) is 0.895. The predicted octanol–water partition coefficient (Wildman–Crippen LogP) is 1.23. The fraction of sp³-hybridized carbons (Fsp3) is 0.417. The summed E-state index contributed by atoms with van der Waals surface area (Å²) in [6, 6.07) is 5.51. The minimum absolute atomic E-state index is 0.154. The lowest BCUT2D eigenvalue weighted by molar-refractivity contribution is -0.140. The Bertz CT molecular complexity index is 550. The molecule has 1 saturated heterocycles. The van der Waals surface area contributed by atoms with Crippen LogP contribution < -0.4 is 0 Å². The molecule has 0 unspecified atom stereocenters. The van der Waals surface area contributed by atoms with Crippen LogP contribution in [0.5, 0.6) is 0 Å². The number of carboxylic acid groups (broad SMARTS) is 1. The van der Waals surface area contributed by atoms with Crippen molar-refractivity contribution in [2.45, 2.75) is 30.7 Å². The van der Waals surface area contributed by atoms with Crippen molar-refractivity contribution in [1.82, 2.24) is 4.31 Å². The number of nitrogens with zero attached hydrogens (tertiary/aromatic N) is 1. The van der Waals surface area contributed by atoms with Crippen molar-refractivity contribution >= 4 is 16.0 Å². The maximum Gasteiger partial charge on any atom is 0.322 e. The summed E-state index contributed by atoms with van der Waals surface area (Å²) in [5.41, 5.74) is 0.963. The maximum atomic E-state index is 12.3. The molecule has 1 N–H and O–H groups in total. The Morgan fingerprint density at radius 2 is 1.94 bits per heavy atom. The third kappa shape index (κ3) is 2.26. The van der Waals surface area contributed by atoms with Crippen LogP contribution in [-0.4, -0.2) is 36.4 Å². The zero-order valence-corrected chi connectivity index (χ0v) is 10.9. The van der Waals surface area contributed by atoms with Gasteiger partial charge in [0.2, 0.25) is 10.0 Å². The van der Waals surface area contributed by atoms with E-state index in [1.54, 1.807) is 12.1 Å². The zero-order chi connectivity index (χ0) is 13.3. The first-order valence-corrected chi connectivity index (χ1v) is 7.18. The Labute approximate surface area is 106 Å². The lowest BCUT2D eigenvalue weighted by Crippen LogP contribution is -2.40. The van der Waals surface area contributed by atoms with Crippen LogP contribution in [0.15, 0.2) is 29.2 Å². The summed E-state index contributed by atoms with van der Waals surface area (Å²) < 4.78 is 25.7. The van der Waals surface area contributed by atoms with Gasteiger partial charge in [-0.1, -0.05) is 17.7 Å². The monoisotopic (exact) mass is 269 g/mol. The van der Waals surface area contributed by atoms with Gasteiger partial charge in [0.1, 0.15) is 6.04 Å². The van der Waals surface area contributed by atoms with Gasteiger partial charge >= 0.3 is 5.97 Å². The number of rotatable bonds is 3. The second kappa shape index (κ2) is 4.70. The first kappa shape index (κ1) is 13.0. The molecule has 1 aliphatic heterocycles. The van der Waals surface area contributed by atoms with Crippen molar-refractivity contribution in [3.05, 3.63) is 29.8 Å². The van der Waals surface area contributed by atoms with Crippen LogP contribution in [0.1, 0.15) is 18.4 Å². The van der Waals surface area contributed by atoms with Gasteiger partial charge in [-0.15, -0.1) is 0 Å². The van der Waals surface area contributed by atoms with Crippen LogP contribution >= 0.6 is 0 Å². The van der Waals surface area contributed by atoms with E-state index in [0.29, 0.717) is 12.8 Å². The van der Waals surface area contributed by atoms with Gasteiger partial charge in [-0.2, -0.15) is 4.31 Å². The molecule has 0 saturated carbocycles. The minimum atomic E-state index is -3.70. The fourth-order valence-corrected chi connectivity index (χ4v) is 3.77. The summed E-state index contributed by atoms with van der Waals surface area (Å²) >= 11 is 0. The SMILES string of the molecule is Cc1ccc(S(=O)(=O)N2CCC[C@@H]2C(=O)O)cc1. The summed E-state index contributed by atoms with van der Waals surface area (Å²) in [5.74, 6) is -1.08. The van der Waals surface area contributed by atoms with Crippen molar-refractivity contribution in [2.75, 3.05) is 6.54 Å². The van der Waals surface area contributed by atoms with E-state index in [1.165, 1.54) is 12.1 Å². The van der Waals surface area contributed by atoms with Crippen molar-refractivity contribution in [2.24, 2.45) is 0 Å². The highest BCUT2D eigenvalue weighted by atomic mass is 32.2. The Balaban J connectivity index is 2.36. The molecule has 0 radical (unpaired) electrons. The summed E-state index contributed by atoms with van der Waals surface area (Å²) in [4.78, 5) is 11.2. The van der Waals surface area contributed by atoms with Crippen molar-refractivity contribution in [3.8, 4) is 0 Å².